The van der Waals surface area contributed by atoms with Crippen molar-refractivity contribution in [1.29, 1.82) is 0 Å². The van der Waals surface area contributed by atoms with Crippen molar-refractivity contribution >= 4 is 8.32 Å². The molecule has 1 atom stereocenters. The summed E-state index contributed by atoms with van der Waals surface area (Å²) in [6.07, 6.45) is 11.3. The Bertz CT molecular complexity index is 269. The van der Waals surface area contributed by atoms with Crippen LogP contribution in [0.25, 0.3) is 0 Å². The van der Waals surface area contributed by atoms with Crippen LogP contribution in [0, 0.1) is 11.8 Å². The summed E-state index contributed by atoms with van der Waals surface area (Å²) in [5.74, 6) is 2.40. The fraction of sp³-hybridized carbons (Fsp3) is 0.733. The lowest BCUT2D eigenvalue weighted by Gasteiger charge is -2.27. The maximum Gasteiger partial charge on any atom is 0.241 e. The van der Waals surface area contributed by atoms with Crippen molar-refractivity contribution in [2.75, 3.05) is 0 Å². The van der Waals surface area contributed by atoms with Gasteiger partial charge in [0.05, 0.1) is 5.76 Å². The summed E-state index contributed by atoms with van der Waals surface area (Å²) in [4.78, 5) is 0. The van der Waals surface area contributed by atoms with Crippen molar-refractivity contribution in [2.24, 2.45) is 11.8 Å². The third-order valence-electron chi connectivity index (χ3n) is 3.36. The molecule has 0 aromatic carbocycles. The lowest BCUT2D eigenvalue weighted by molar-refractivity contribution is 0.311. The van der Waals surface area contributed by atoms with Crippen LogP contribution < -0.4 is 0 Å². The second kappa shape index (κ2) is 6.44. The van der Waals surface area contributed by atoms with E-state index in [1.54, 1.807) is 0 Å². The van der Waals surface area contributed by atoms with Gasteiger partial charge in [0, 0.05) is 5.92 Å². The van der Waals surface area contributed by atoms with Gasteiger partial charge in [0.2, 0.25) is 8.32 Å². The molecule has 1 aliphatic rings. The van der Waals surface area contributed by atoms with Crippen molar-refractivity contribution in [3.05, 3.63) is 24.5 Å². The third kappa shape index (κ3) is 5.58. The molecule has 1 fully saturated rings. The Kier molecular flexibility index (Phi) is 5.51. The van der Waals surface area contributed by atoms with E-state index in [4.69, 9.17) is 4.43 Å². The first-order valence-corrected chi connectivity index (χ1v) is 10.3. The van der Waals surface area contributed by atoms with Gasteiger partial charge in [-0.2, -0.15) is 0 Å². The van der Waals surface area contributed by atoms with Gasteiger partial charge in [-0.15, -0.1) is 6.58 Å². The average Bonchev–Trinajstić information content (AvgIpc) is 2.24. The van der Waals surface area contributed by atoms with Gasteiger partial charge in [-0.3, -0.25) is 0 Å². The van der Waals surface area contributed by atoms with Gasteiger partial charge in [-0.05, 0) is 51.4 Å². The van der Waals surface area contributed by atoms with Crippen LogP contribution in [0.5, 0.6) is 0 Å². The van der Waals surface area contributed by atoms with Crippen molar-refractivity contribution in [3.8, 4) is 0 Å². The predicted molar refractivity (Wildman–Crippen MR) is 78.5 cm³/mol. The van der Waals surface area contributed by atoms with E-state index in [1.165, 1.54) is 32.1 Å². The molecule has 0 saturated heterocycles. The maximum absolute atomic E-state index is 6.01. The highest BCUT2D eigenvalue weighted by Gasteiger charge is 2.21. The van der Waals surface area contributed by atoms with E-state index < -0.39 is 8.32 Å². The molecule has 17 heavy (non-hydrogen) atoms. The van der Waals surface area contributed by atoms with E-state index in [0.717, 1.165) is 11.7 Å². The van der Waals surface area contributed by atoms with Gasteiger partial charge < -0.3 is 4.43 Å². The van der Waals surface area contributed by atoms with Crippen LogP contribution in [-0.4, -0.2) is 8.32 Å². The molecule has 1 saturated carbocycles. The second-order valence-corrected chi connectivity index (χ2v) is 10.6. The smallest absolute Gasteiger partial charge is 0.241 e. The van der Waals surface area contributed by atoms with Crippen LogP contribution in [0.3, 0.4) is 0 Å². The monoisotopic (exact) mass is 252 g/mol. The van der Waals surface area contributed by atoms with Gasteiger partial charge in [0.25, 0.3) is 0 Å². The van der Waals surface area contributed by atoms with Crippen LogP contribution in [0.4, 0.5) is 0 Å². The molecule has 1 aliphatic carbocycles. The summed E-state index contributed by atoms with van der Waals surface area (Å²) in [7, 11) is -1.45. The number of hydrogen-bond donors (Lipinski definition) is 0. The predicted octanol–water partition coefficient (Wildman–Crippen LogP) is 5.12. The first-order chi connectivity index (χ1) is 7.92. The fourth-order valence-electron chi connectivity index (χ4n) is 2.70. The standard InChI is InChI=1S/C15H28OSi/c1-6-14(15-10-8-7-9-11-15)12-13(2)16-17(3,4)5/h6,12,14-15H,1,7-11H2,2-5H3/b13-12+/t14-/m0/s1. The molecule has 0 spiro atoms. The molecule has 0 aromatic rings. The van der Waals surface area contributed by atoms with Gasteiger partial charge in [0.15, 0.2) is 0 Å². The Labute approximate surface area is 108 Å². The molecule has 1 nitrogen and oxygen atoms in total. The zero-order valence-electron chi connectivity index (χ0n) is 12.0. The highest BCUT2D eigenvalue weighted by Crippen LogP contribution is 2.32. The van der Waals surface area contributed by atoms with Crippen LogP contribution in [0.1, 0.15) is 39.0 Å². The largest absolute Gasteiger partial charge is 0.548 e. The summed E-state index contributed by atoms with van der Waals surface area (Å²) in [5.41, 5.74) is 0. The molecule has 98 valence electrons. The summed E-state index contributed by atoms with van der Waals surface area (Å²) >= 11 is 0. The zero-order valence-corrected chi connectivity index (χ0v) is 13.0. The minimum atomic E-state index is -1.45. The van der Waals surface area contributed by atoms with E-state index >= 15 is 0 Å². The highest BCUT2D eigenvalue weighted by molar-refractivity contribution is 6.70. The molecule has 1 rings (SSSR count). The Morgan fingerprint density at radius 3 is 2.29 bits per heavy atom. The molecule has 0 N–H and O–H groups in total. The van der Waals surface area contributed by atoms with Crippen molar-refractivity contribution in [2.45, 2.75) is 58.7 Å². The number of rotatable bonds is 5. The van der Waals surface area contributed by atoms with Gasteiger partial charge in [-0.25, -0.2) is 0 Å². The van der Waals surface area contributed by atoms with Gasteiger partial charge in [0.1, 0.15) is 0 Å². The van der Waals surface area contributed by atoms with Crippen molar-refractivity contribution in [1.82, 2.24) is 0 Å². The summed E-state index contributed by atoms with van der Waals surface area (Å²) in [5, 5.41) is 0. The molecule has 2 heteroatoms. The molecule has 0 amide bonds. The summed E-state index contributed by atoms with van der Waals surface area (Å²) < 4.78 is 6.01. The van der Waals surface area contributed by atoms with Crippen molar-refractivity contribution in [3.63, 3.8) is 0 Å². The molecular weight excluding hydrogens is 224 g/mol. The van der Waals surface area contributed by atoms with E-state index in [-0.39, 0.29) is 0 Å². The minimum Gasteiger partial charge on any atom is -0.548 e. The molecule has 0 bridgehead atoms. The topological polar surface area (TPSA) is 9.23 Å². The molecule has 0 radical (unpaired) electrons. The average molecular weight is 252 g/mol. The maximum atomic E-state index is 6.01. The third-order valence-corrected chi connectivity index (χ3v) is 4.30. The van der Waals surface area contributed by atoms with Crippen LogP contribution >= 0.6 is 0 Å². The highest BCUT2D eigenvalue weighted by atomic mass is 28.4. The Morgan fingerprint density at radius 2 is 1.82 bits per heavy atom. The Hall–Kier alpha value is -0.503. The number of allylic oxidation sites excluding steroid dienone is 3. The second-order valence-electron chi connectivity index (χ2n) is 6.20. The fourth-order valence-corrected chi connectivity index (χ4v) is 3.74. The normalized spacial score (nSPS) is 21.1. The van der Waals surface area contributed by atoms with Crippen molar-refractivity contribution < 1.29 is 4.43 Å². The quantitative estimate of drug-likeness (QED) is 0.375. The lowest BCUT2D eigenvalue weighted by Crippen LogP contribution is -2.24. The Balaban J connectivity index is 2.60. The van der Waals surface area contributed by atoms with E-state index in [2.05, 4.69) is 45.3 Å². The number of hydrogen-bond acceptors (Lipinski definition) is 1. The molecule has 0 unspecified atom stereocenters. The molecular formula is C15H28OSi. The molecule has 0 aromatic heterocycles. The van der Waals surface area contributed by atoms with E-state index in [0.29, 0.717) is 5.92 Å². The minimum absolute atomic E-state index is 0.506. The summed E-state index contributed by atoms with van der Waals surface area (Å²) in [6, 6.07) is 0. The van der Waals surface area contributed by atoms with E-state index in [1.807, 2.05) is 0 Å². The zero-order chi connectivity index (χ0) is 12.9. The first kappa shape index (κ1) is 14.6. The van der Waals surface area contributed by atoms with E-state index in [9.17, 15) is 0 Å². The lowest BCUT2D eigenvalue weighted by atomic mass is 9.80. The van der Waals surface area contributed by atoms with Gasteiger partial charge >= 0.3 is 0 Å². The van der Waals surface area contributed by atoms with Crippen LogP contribution in [0.2, 0.25) is 19.6 Å². The Morgan fingerprint density at radius 1 is 1.24 bits per heavy atom. The van der Waals surface area contributed by atoms with Crippen LogP contribution in [-0.2, 0) is 4.43 Å². The summed E-state index contributed by atoms with van der Waals surface area (Å²) in [6.45, 7) is 12.8. The van der Waals surface area contributed by atoms with Gasteiger partial charge in [-0.1, -0.05) is 25.3 Å². The molecule has 0 aliphatic heterocycles. The molecule has 0 heterocycles. The SMILES string of the molecule is C=C[C@@H](/C=C(\C)O[Si](C)(C)C)C1CCCCC1. The first-order valence-electron chi connectivity index (χ1n) is 6.92. The van der Waals surface area contributed by atoms with Crippen LogP contribution in [0.15, 0.2) is 24.5 Å².